The number of carbonyl (C=O) groups is 1. The third-order valence-corrected chi connectivity index (χ3v) is 5.18. The van der Waals surface area contributed by atoms with E-state index in [1.165, 1.54) is 19.2 Å². The Bertz CT molecular complexity index is 634. The lowest BCUT2D eigenvalue weighted by atomic mass is 9.86. The molecule has 0 atom stereocenters. The largest absolute Gasteiger partial charge is 0.490 e. The van der Waals surface area contributed by atoms with Crippen LogP contribution < -0.4 is 4.74 Å². The molecular formula is C18H24N2O4. The molecule has 0 N–H and O–H groups in total. The molecule has 2 saturated carbocycles. The lowest BCUT2D eigenvalue weighted by Crippen LogP contribution is -2.43. The molecule has 0 bridgehead atoms. The lowest BCUT2D eigenvalue weighted by molar-refractivity contribution is -0.385. The van der Waals surface area contributed by atoms with E-state index in [1.54, 1.807) is 6.07 Å². The lowest BCUT2D eigenvalue weighted by Gasteiger charge is -2.36. The summed E-state index contributed by atoms with van der Waals surface area (Å²) < 4.78 is 5.02. The molecule has 0 aliphatic heterocycles. The predicted octanol–water partition coefficient (Wildman–Crippen LogP) is 3.79. The summed E-state index contributed by atoms with van der Waals surface area (Å²) >= 11 is 0. The van der Waals surface area contributed by atoms with Crippen LogP contribution in [0.3, 0.4) is 0 Å². The average Bonchev–Trinajstić information content (AvgIpc) is 3.41. The molecule has 1 aromatic rings. The van der Waals surface area contributed by atoms with Crippen molar-refractivity contribution in [3.05, 3.63) is 33.9 Å². The smallest absolute Gasteiger partial charge is 0.311 e. The molecule has 0 saturated heterocycles. The molecule has 2 aliphatic rings. The summed E-state index contributed by atoms with van der Waals surface area (Å²) in [5.41, 5.74) is 0.226. The molecule has 2 aliphatic carbocycles. The minimum absolute atomic E-state index is 0.0807. The zero-order valence-electron chi connectivity index (χ0n) is 14.2. The Labute approximate surface area is 141 Å². The summed E-state index contributed by atoms with van der Waals surface area (Å²) in [4.78, 5) is 25.8. The third-order valence-electron chi connectivity index (χ3n) is 5.18. The average molecular weight is 332 g/mol. The second-order valence-corrected chi connectivity index (χ2v) is 7.00. The first-order chi connectivity index (χ1) is 11.5. The minimum atomic E-state index is -0.501. The van der Waals surface area contributed by atoms with E-state index in [1.807, 2.05) is 4.90 Å². The van der Waals surface area contributed by atoms with Crippen molar-refractivity contribution < 1.29 is 14.5 Å². The topological polar surface area (TPSA) is 72.7 Å². The van der Waals surface area contributed by atoms with Crippen LogP contribution in [0.5, 0.6) is 5.75 Å². The first-order valence-corrected chi connectivity index (χ1v) is 8.66. The van der Waals surface area contributed by atoms with E-state index in [-0.39, 0.29) is 23.4 Å². The summed E-state index contributed by atoms with van der Waals surface area (Å²) in [6.07, 6.45) is 6.42. The van der Waals surface area contributed by atoms with Crippen LogP contribution in [0.2, 0.25) is 0 Å². The number of nitro benzene ring substituents is 1. The van der Waals surface area contributed by atoms with Crippen molar-refractivity contribution in [1.29, 1.82) is 0 Å². The highest BCUT2D eigenvalue weighted by molar-refractivity contribution is 5.95. The molecule has 0 unspecified atom stereocenters. The monoisotopic (exact) mass is 332 g/mol. The van der Waals surface area contributed by atoms with Gasteiger partial charge in [-0.3, -0.25) is 14.9 Å². The van der Waals surface area contributed by atoms with Gasteiger partial charge in [-0.05, 0) is 56.6 Å². The number of hydrogen-bond acceptors (Lipinski definition) is 4. The second-order valence-electron chi connectivity index (χ2n) is 7.00. The molecular weight excluding hydrogens is 308 g/mol. The Kier molecular flexibility index (Phi) is 4.73. The Morgan fingerprint density at radius 1 is 1.17 bits per heavy atom. The van der Waals surface area contributed by atoms with Crippen molar-refractivity contribution >= 4 is 11.6 Å². The summed E-state index contributed by atoms with van der Waals surface area (Å²) in [5.74, 6) is 0.822. The Morgan fingerprint density at radius 2 is 1.75 bits per heavy atom. The molecule has 2 fully saturated rings. The summed E-state index contributed by atoms with van der Waals surface area (Å²) in [5, 5.41) is 11.2. The molecule has 0 heterocycles. The molecule has 6 heteroatoms. The van der Waals surface area contributed by atoms with Gasteiger partial charge >= 0.3 is 5.69 Å². The summed E-state index contributed by atoms with van der Waals surface area (Å²) in [7, 11) is 1.39. The molecule has 24 heavy (non-hydrogen) atoms. The number of nitro groups is 1. The van der Waals surface area contributed by atoms with Crippen LogP contribution in [-0.2, 0) is 0 Å². The number of hydrogen-bond donors (Lipinski definition) is 0. The van der Waals surface area contributed by atoms with Gasteiger partial charge in [0.2, 0.25) is 0 Å². The number of amides is 1. The van der Waals surface area contributed by atoms with Crippen molar-refractivity contribution in [2.24, 2.45) is 5.92 Å². The van der Waals surface area contributed by atoms with Crippen LogP contribution in [0.25, 0.3) is 0 Å². The van der Waals surface area contributed by atoms with E-state index < -0.39 is 4.92 Å². The SMILES string of the molecule is COc1ccc(C(=O)N(C2CCC(C)CC2)C2CC2)cc1[N+](=O)[O-]. The Morgan fingerprint density at radius 3 is 2.25 bits per heavy atom. The third kappa shape index (κ3) is 3.37. The van der Waals surface area contributed by atoms with Crippen molar-refractivity contribution in [1.82, 2.24) is 4.90 Å². The van der Waals surface area contributed by atoms with Gasteiger partial charge in [-0.1, -0.05) is 6.92 Å². The van der Waals surface area contributed by atoms with Crippen molar-refractivity contribution in [3.63, 3.8) is 0 Å². The highest BCUT2D eigenvalue weighted by Gasteiger charge is 2.39. The van der Waals surface area contributed by atoms with Gasteiger partial charge in [0.05, 0.1) is 12.0 Å². The van der Waals surface area contributed by atoms with Crippen LogP contribution in [0.15, 0.2) is 18.2 Å². The van der Waals surface area contributed by atoms with Gasteiger partial charge in [0.15, 0.2) is 5.75 Å². The molecule has 0 spiro atoms. The predicted molar refractivity (Wildman–Crippen MR) is 90.3 cm³/mol. The van der Waals surface area contributed by atoms with E-state index in [0.29, 0.717) is 11.6 Å². The highest BCUT2D eigenvalue weighted by Crippen LogP contribution is 2.37. The van der Waals surface area contributed by atoms with Crippen molar-refractivity contribution in [3.8, 4) is 5.75 Å². The molecule has 1 aromatic carbocycles. The van der Waals surface area contributed by atoms with Crippen LogP contribution in [-0.4, -0.2) is 34.9 Å². The first kappa shape index (κ1) is 16.7. The van der Waals surface area contributed by atoms with Gasteiger partial charge in [0.25, 0.3) is 5.91 Å². The molecule has 0 radical (unpaired) electrons. The van der Waals surface area contributed by atoms with Crippen LogP contribution >= 0.6 is 0 Å². The van der Waals surface area contributed by atoms with Gasteiger partial charge < -0.3 is 9.64 Å². The van der Waals surface area contributed by atoms with Gasteiger partial charge in [-0.2, -0.15) is 0 Å². The maximum Gasteiger partial charge on any atom is 0.311 e. The minimum Gasteiger partial charge on any atom is -0.490 e. The normalized spacial score (nSPS) is 23.6. The fourth-order valence-electron chi connectivity index (χ4n) is 3.62. The molecule has 1 amide bonds. The van der Waals surface area contributed by atoms with Crippen molar-refractivity contribution in [2.45, 2.75) is 57.5 Å². The number of ether oxygens (including phenoxy) is 1. The molecule has 0 aromatic heterocycles. The van der Waals surface area contributed by atoms with E-state index >= 15 is 0 Å². The number of nitrogens with zero attached hydrogens (tertiary/aromatic N) is 2. The van der Waals surface area contributed by atoms with Crippen molar-refractivity contribution in [2.75, 3.05) is 7.11 Å². The van der Waals surface area contributed by atoms with E-state index in [0.717, 1.165) is 44.4 Å². The second kappa shape index (κ2) is 6.79. The van der Waals surface area contributed by atoms with Crippen LogP contribution in [0.4, 0.5) is 5.69 Å². The maximum atomic E-state index is 13.0. The van der Waals surface area contributed by atoms with Gasteiger partial charge in [0, 0.05) is 23.7 Å². The van der Waals surface area contributed by atoms with Gasteiger partial charge in [0.1, 0.15) is 0 Å². The van der Waals surface area contributed by atoms with Crippen LogP contribution in [0.1, 0.15) is 55.8 Å². The zero-order valence-corrected chi connectivity index (χ0v) is 14.2. The Hall–Kier alpha value is -2.11. The van der Waals surface area contributed by atoms with E-state index in [4.69, 9.17) is 4.74 Å². The number of benzene rings is 1. The number of rotatable bonds is 5. The standard InChI is InChI=1S/C18H24N2O4/c1-12-3-6-14(7-4-12)19(15-8-9-15)18(21)13-5-10-17(24-2)16(11-13)20(22)23/h5,10-12,14-15H,3-4,6-9H2,1-2H3. The fraction of sp³-hybridized carbons (Fsp3) is 0.611. The Balaban J connectivity index is 1.85. The highest BCUT2D eigenvalue weighted by atomic mass is 16.6. The first-order valence-electron chi connectivity index (χ1n) is 8.66. The van der Waals surface area contributed by atoms with Crippen LogP contribution in [0, 0.1) is 16.0 Å². The quantitative estimate of drug-likeness (QED) is 0.607. The van der Waals surface area contributed by atoms with Gasteiger partial charge in [-0.15, -0.1) is 0 Å². The van der Waals surface area contributed by atoms with Gasteiger partial charge in [-0.25, -0.2) is 0 Å². The maximum absolute atomic E-state index is 13.0. The fourth-order valence-corrected chi connectivity index (χ4v) is 3.62. The molecule has 6 nitrogen and oxygen atoms in total. The molecule has 130 valence electrons. The van der Waals surface area contributed by atoms with E-state index in [2.05, 4.69) is 6.92 Å². The number of carbonyl (C=O) groups excluding carboxylic acids is 1. The van der Waals surface area contributed by atoms with E-state index in [9.17, 15) is 14.9 Å². The zero-order chi connectivity index (χ0) is 17.3. The summed E-state index contributed by atoms with van der Waals surface area (Å²) in [6, 6.07) is 5.07. The molecule has 3 rings (SSSR count). The number of methoxy groups -OCH3 is 1. The summed E-state index contributed by atoms with van der Waals surface area (Å²) in [6.45, 7) is 2.26.